The van der Waals surface area contributed by atoms with Gasteiger partial charge in [0.15, 0.2) is 0 Å². The highest BCUT2D eigenvalue weighted by Gasteiger charge is 2.27. The molecule has 1 fully saturated rings. The SMILES string of the molecule is CN1CCN(C[C@H](O)[C@@H](c2ccccc2)n2ccc3cc(F)ccc32)CC1. The number of rotatable bonds is 5. The van der Waals surface area contributed by atoms with E-state index in [2.05, 4.69) is 21.4 Å². The Kier molecular flexibility index (Phi) is 5.25. The van der Waals surface area contributed by atoms with Gasteiger partial charge in [-0.1, -0.05) is 30.3 Å². The topological polar surface area (TPSA) is 31.6 Å². The Morgan fingerprint density at radius 1 is 1.00 bits per heavy atom. The van der Waals surface area contributed by atoms with Crippen LogP contribution in [0.2, 0.25) is 0 Å². The summed E-state index contributed by atoms with van der Waals surface area (Å²) in [5.41, 5.74) is 1.99. The van der Waals surface area contributed by atoms with Crippen LogP contribution in [0, 0.1) is 5.82 Å². The van der Waals surface area contributed by atoms with Crippen molar-refractivity contribution in [2.75, 3.05) is 39.8 Å². The average molecular weight is 367 g/mol. The summed E-state index contributed by atoms with van der Waals surface area (Å²) in [5, 5.41) is 12.1. The number of aliphatic hydroxyl groups excluding tert-OH is 1. The van der Waals surface area contributed by atoms with Gasteiger partial charge in [0, 0.05) is 49.8 Å². The van der Waals surface area contributed by atoms with E-state index >= 15 is 0 Å². The number of benzene rings is 2. The summed E-state index contributed by atoms with van der Waals surface area (Å²) < 4.78 is 15.7. The molecule has 2 heterocycles. The predicted octanol–water partition coefficient (Wildman–Crippen LogP) is 2.98. The van der Waals surface area contributed by atoms with Gasteiger partial charge in [-0.25, -0.2) is 4.39 Å². The fourth-order valence-corrected chi connectivity index (χ4v) is 3.99. The molecular formula is C22H26FN3O. The van der Waals surface area contributed by atoms with Crippen LogP contribution in [-0.4, -0.2) is 65.3 Å². The minimum atomic E-state index is -0.559. The first-order valence-electron chi connectivity index (χ1n) is 9.52. The smallest absolute Gasteiger partial charge is 0.123 e. The predicted molar refractivity (Wildman–Crippen MR) is 106 cm³/mol. The molecule has 0 amide bonds. The molecule has 27 heavy (non-hydrogen) atoms. The minimum Gasteiger partial charge on any atom is -0.389 e. The number of nitrogens with zero attached hydrogens (tertiary/aromatic N) is 3. The van der Waals surface area contributed by atoms with E-state index in [4.69, 9.17) is 0 Å². The summed E-state index contributed by atoms with van der Waals surface area (Å²) in [4.78, 5) is 4.64. The minimum absolute atomic E-state index is 0.214. The van der Waals surface area contributed by atoms with Crippen molar-refractivity contribution in [1.82, 2.24) is 14.4 Å². The molecule has 142 valence electrons. The van der Waals surface area contributed by atoms with Crippen LogP contribution in [-0.2, 0) is 0 Å². The van der Waals surface area contributed by atoms with Crippen LogP contribution in [0.4, 0.5) is 4.39 Å². The molecule has 0 radical (unpaired) electrons. The highest BCUT2D eigenvalue weighted by atomic mass is 19.1. The maximum Gasteiger partial charge on any atom is 0.123 e. The van der Waals surface area contributed by atoms with Gasteiger partial charge >= 0.3 is 0 Å². The Morgan fingerprint density at radius 3 is 2.48 bits per heavy atom. The van der Waals surface area contributed by atoms with Gasteiger partial charge < -0.3 is 14.6 Å². The highest BCUT2D eigenvalue weighted by Crippen LogP contribution is 2.29. The summed E-state index contributed by atoms with van der Waals surface area (Å²) in [6, 6.07) is 16.6. The van der Waals surface area contributed by atoms with Gasteiger partial charge in [-0.15, -0.1) is 0 Å². The molecule has 4 nitrogen and oxygen atoms in total. The number of piperazine rings is 1. The fraction of sp³-hybridized carbons (Fsp3) is 0.364. The van der Waals surface area contributed by atoms with E-state index in [1.54, 1.807) is 12.1 Å². The second-order valence-corrected chi connectivity index (χ2v) is 7.45. The molecular weight excluding hydrogens is 341 g/mol. The van der Waals surface area contributed by atoms with E-state index in [1.165, 1.54) is 6.07 Å². The molecule has 1 saturated heterocycles. The molecule has 2 atom stereocenters. The number of hydrogen-bond acceptors (Lipinski definition) is 3. The molecule has 0 bridgehead atoms. The van der Waals surface area contributed by atoms with Gasteiger partial charge in [-0.3, -0.25) is 4.90 Å². The number of halogens is 1. The molecule has 1 aliphatic heterocycles. The van der Waals surface area contributed by atoms with Crippen LogP contribution < -0.4 is 0 Å². The Balaban J connectivity index is 1.66. The summed E-state index contributed by atoms with van der Waals surface area (Å²) >= 11 is 0. The third-order valence-electron chi connectivity index (χ3n) is 5.53. The van der Waals surface area contributed by atoms with E-state index < -0.39 is 6.10 Å². The standard InChI is InChI=1S/C22H26FN3O/c1-24-11-13-25(14-12-24)16-21(27)22(17-5-3-2-4-6-17)26-10-9-18-15-19(23)7-8-20(18)26/h2-10,15,21-22,27H,11-14,16H2,1H3/t21-,22+/m0/s1. The van der Waals surface area contributed by atoms with E-state index in [0.717, 1.165) is 42.6 Å². The van der Waals surface area contributed by atoms with Crippen molar-refractivity contribution in [1.29, 1.82) is 0 Å². The molecule has 1 aromatic heterocycles. The van der Waals surface area contributed by atoms with Gasteiger partial charge in [0.2, 0.25) is 0 Å². The lowest BCUT2D eigenvalue weighted by atomic mass is 10.00. The van der Waals surface area contributed by atoms with Crippen molar-refractivity contribution in [3.05, 3.63) is 72.2 Å². The summed E-state index contributed by atoms with van der Waals surface area (Å²) in [6.07, 6.45) is 1.39. The van der Waals surface area contributed by atoms with Crippen LogP contribution in [0.1, 0.15) is 11.6 Å². The Bertz CT molecular complexity index is 887. The van der Waals surface area contributed by atoms with Gasteiger partial charge in [0.25, 0.3) is 0 Å². The summed E-state index contributed by atoms with van der Waals surface area (Å²) in [6.45, 7) is 4.59. The largest absolute Gasteiger partial charge is 0.389 e. The zero-order valence-electron chi connectivity index (χ0n) is 15.6. The van der Waals surface area contributed by atoms with Crippen molar-refractivity contribution in [3.8, 4) is 0 Å². The third kappa shape index (κ3) is 3.90. The molecule has 1 N–H and O–H groups in total. The van der Waals surface area contributed by atoms with Gasteiger partial charge in [-0.2, -0.15) is 0 Å². The van der Waals surface area contributed by atoms with Crippen molar-refractivity contribution in [3.63, 3.8) is 0 Å². The normalized spacial score (nSPS) is 18.6. The molecule has 0 unspecified atom stereocenters. The Labute approximate surface area is 159 Å². The highest BCUT2D eigenvalue weighted by molar-refractivity contribution is 5.80. The first kappa shape index (κ1) is 18.2. The molecule has 0 aliphatic carbocycles. The Morgan fingerprint density at radius 2 is 1.74 bits per heavy atom. The molecule has 4 rings (SSSR count). The van der Waals surface area contributed by atoms with Crippen molar-refractivity contribution < 1.29 is 9.50 Å². The lowest BCUT2D eigenvalue weighted by Gasteiger charge is -2.36. The zero-order chi connectivity index (χ0) is 18.8. The number of hydrogen-bond donors (Lipinski definition) is 1. The third-order valence-corrected chi connectivity index (χ3v) is 5.53. The Hall–Kier alpha value is -2.21. The van der Waals surface area contributed by atoms with E-state index in [-0.39, 0.29) is 11.9 Å². The second-order valence-electron chi connectivity index (χ2n) is 7.45. The number of aliphatic hydroxyl groups is 1. The summed E-state index contributed by atoms with van der Waals surface area (Å²) in [5.74, 6) is -0.241. The second kappa shape index (κ2) is 7.80. The molecule has 0 spiro atoms. The zero-order valence-corrected chi connectivity index (χ0v) is 15.6. The van der Waals surface area contributed by atoms with Crippen molar-refractivity contribution >= 4 is 10.9 Å². The first-order valence-corrected chi connectivity index (χ1v) is 9.52. The number of aromatic nitrogens is 1. The van der Waals surface area contributed by atoms with Crippen LogP contribution in [0.5, 0.6) is 0 Å². The molecule has 1 aliphatic rings. The van der Waals surface area contributed by atoms with E-state index in [9.17, 15) is 9.50 Å². The maximum atomic E-state index is 13.6. The van der Waals surface area contributed by atoms with Gasteiger partial charge in [0.1, 0.15) is 5.82 Å². The lowest BCUT2D eigenvalue weighted by molar-refractivity contribution is 0.0594. The first-order chi connectivity index (χ1) is 13.1. The lowest BCUT2D eigenvalue weighted by Crippen LogP contribution is -2.48. The van der Waals surface area contributed by atoms with E-state index in [0.29, 0.717) is 6.54 Å². The van der Waals surface area contributed by atoms with Crippen LogP contribution in [0.25, 0.3) is 10.9 Å². The van der Waals surface area contributed by atoms with Gasteiger partial charge in [-0.05, 0) is 36.9 Å². The number of β-amino-alcohol motifs (C(OH)–C–C–N with tert-alkyl or cyclic N) is 1. The molecule has 3 aromatic rings. The van der Waals surface area contributed by atoms with Gasteiger partial charge in [0.05, 0.1) is 12.1 Å². The molecule has 0 saturated carbocycles. The van der Waals surface area contributed by atoms with Crippen LogP contribution in [0.3, 0.4) is 0 Å². The number of fused-ring (bicyclic) bond motifs is 1. The monoisotopic (exact) mass is 367 g/mol. The average Bonchev–Trinajstić information content (AvgIpc) is 3.07. The summed E-state index contributed by atoms with van der Waals surface area (Å²) in [7, 11) is 2.13. The van der Waals surface area contributed by atoms with Crippen molar-refractivity contribution in [2.45, 2.75) is 12.1 Å². The molecule has 5 heteroatoms. The maximum absolute atomic E-state index is 13.6. The quantitative estimate of drug-likeness (QED) is 0.752. The molecule has 2 aromatic carbocycles. The number of likely N-dealkylation sites (N-methyl/N-ethyl adjacent to an activating group) is 1. The van der Waals surface area contributed by atoms with Crippen LogP contribution in [0.15, 0.2) is 60.8 Å². The van der Waals surface area contributed by atoms with E-state index in [1.807, 2.05) is 42.6 Å². The van der Waals surface area contributed by atoms with Crippen molar-refractivity contribution in [2.24, 2.45) is 0 Å². The van der Waals surface area contributed by atoms with Crippen LogP contribution >= 0.6 is 0 Å². The fourth-order valence-electron chi connectivity index (χ4n) is 3.99.